The Morgan fingerprint density at radius 3 is 2.52 bits per heavy atom. The highest BCUT2D eigenvalue weighted by molar-refractivity contribution is 7.13. The summed E-state index contributed by atoms with van der Waals surface area (Å²) in [6.45, 7) is 1.63. The van der Waals surface area contributed by atoms with E-state index in [1.165, 1.54) is 16.4 Å². The van der Waals surface area contributed by atoms with Gasteiger partial charge in [0.15, 0.2) is 22.5 Å². The summed E-state index contributed by atoms with van der Waals surface area (Å²) < 4.78 is 6.53. The molecule has 0 unspecified atom stereocenters. The highest BCUT2D eigenvalue weighted by Crippen LogP contribution is 2.28. The van der Waals surface area contributed by atoms with E-state index in [0.29, 0.717) is 36.8 Å². The summed E-state index contributed by atoms with van der Waals surface area (Å²) in [7, 11) is 0. The number of benzene rings is 2. The lowest BCUT2D eigenvalue weighted by molar-refractivity contribution is 0.0708. The van der Waals surface area contributed by atoms with Gasteiger partial charge in [0.1, 0.15) is 0 Å². The van der Waals surface area contributed by atoms with Gasteiger partial charge in [-0.05, 0) is 40.7 Å². The monoisotopic (exact) mass is 470 g/mol. The van der Waals surface area contributed by atoms with Gasteiger partial charge in [-0.2, -0.15) is 4.37 Å². The third-order valence-electron chi connectivity index (χ3n) is 5.63. The fraction of sp³-hybridized carbons (Fsp3) is 0.125. The summed E-state index contributed by atoms with van der Waals surface area (Å²) in [6, 6.07) is 21.8. The number of thiophene rings is 1. The first kappa shape index (κ1) is 20.0. The fourth-order valence-electron chi connectivity index (χ4n) is 3.91. The Morgan fingerprint density at radius 2 is 1.73 bits per heavy atom. The molecule has 1 amide bonds. The number of hydrogen-bond donors (Lipinski definition) is 0. The smallest absolute Gasteiger partial charge is 0.254 e. The Hall–Kier alpha value is -3.69. The van der Waals surface area contributed by atoms with Crippen LogP contribution in [0.25, 0.3) is 32.7 Å². The minimum atomic E-state index is 0.00538. The Morgan fingerprint density at radius 1 is 0.879 bits per heavy atom. The average molecular weight is 471 g/mol. The molecule has 33 heavy (non-hydrogen) atoms. The molecule has 0 aliphatic carbocycles. The van der Waals surface area contributed by atoms with Gasteiger partial charge in [-0.1, -0.05) is 48.5 Å². The van der Waals surface area contributed by atoms with E-state index >= 15 is 0 Å². The summed E-state index contributed by atoms with van der Waals surface area (Å²) in [6.07, 6.45) is 0. The molecule has 162 valence electrons. The Balaban J connectivity index is 1.20. The maximum absolute atomic E-state index is 13.1. The number of carbonyl (C=O) groups is 1. The van der Waals surface area contributed by atoms with Crippen molar-refractivity contribution in [2.24, 2.45) is 0 Å². The lowest BCUT2D eigenvalue weighted by atomic mass is 10.1. The number of nitrogens with zero attached hydrogens (tertiary/aromatic N) is 6. The molecule has 0 fully saturated rings. The van der Waals surface area contributed by atoms with Gasteiger partial charge in [0, 0.05) is 29.1 Å². The van der Waals surface area contributed by atoms with Crippen LogP contribution >= 0.6 is 22.9 Å². The number of amides is 1. The second-order valence-corrected chi connectivity index (χ2v) is 9.36. The fourth-order valence-corrected chi connectivity index (χ4v) is 5.32. The van der Waals surface area contributed by atoms with Crippen molar-refractivity contribution in [2.75, 3.05) is 6.54 Å². The Labute approximate surface area is 198 Å². The summed E-state index contributed by atoms with van der Waals surface area (Å²) in [5.74, 6) is 2.16. The first-order valence-electron chi connectivity index (χ1n) is 10.5. The van der Waals surface area contributed by atoms with E-state index in [1.807, 2.05) is 70.1 Å². The molecular weight excluding hydrogens is 452 g/mol. The normalized spacial score (nSPS) is 13.2. The van der Waals surface area contributed by atoms with Crippen LogP contribution in [0.2, 0.25) is 0 Å². The minimum absolute atomic E-state index is 0.00538. The van der Waals surface area contributed by atoms with Crippen LogP contribution in [0, 0.1) is 0 Å². The van der Waals surface area contributed by atoms with Gasteiger partial charge in [0.2, 0.25) is 0 Å². The summed E-state index contributed by atoms with van der Waals surface area (Å²) in [5.41, 5.74) is 2.77. The molecule has 7 nitrogen and oxygen atoms in total. The number of rotatable bonds is 4. The molecule has 0 N–H and O–H groups in total. The van der Waals surface area contributed by atoms with Crippen LogP contribution in [-0.2, 0) is 13.1 Å². The third kappa shape index (κ3) is 3.75. The zero-order valence-corrected chi connectivity index (χ0v) is 19.1. The molecule has 0 radical (unpaired) electrons. The highest BCUT2D eigenvalue weighted by atomic mass is 32.1. The van der Waals surface area contributed by atoms with Crippen LogP contribution < -0.4 is 0 Å². The van der Waals surface area contributed by atoms with Crippen LogP contribution in [0.15, 0.2) is 72.1 Å². The van der Waals surface area contributed by atoms with Gasteiger partial charge < -0.3 is 9.47 Å². The van der Waals surface area contributed by atoms with Crippen molar-refractivity contribution in [3.63, 3.8) is 0 Å². The highest BCUT2D eigenvalue weighted by Gasteiger charge is 2.27. The van der Waals surface area contributed by atoms with Gasteiger partial charge in [-0.25, -0.2) is 4.98 Å². The van der Waals surface area contributed by atoms with Gasteiger partial charge in [0.05, 0.1) is 6.54 Å². The largest absolute Gasteiger partial charge is 0.329 e. The van der Waals surface area contributed by atoms with E-state index in [9.17, 15) is 4.79 Å². The van der Waals surface area contributed by atoms with Crippen LogP contribution in [0.3, 0.4) is 0 Å². The predicted octanol–water partition coefficient (Wildman–Crippen LogP) is 4.85. The lowest BCUT2D eigenvalue weighted by Crippen LogP contribution is -2.38. The zero-order chi connectivity index (χ0) is 22.2. The summed E-state index contributed by atoms with van der Waals surface area (Å²) >= 11 is 3.00. The molecule has 6 rings (SSSR count). The Bertz CT molecular complexity index is 1410. The third-order valence-corrected chi connectivity index (χ3v) is 7.26. The molecule has 4 heterocycles. The maximum Gasteiger partial charge on any atom is 0.254 e. The molecule has 0 atom stereocenters. The van der Waals surface area contributed by atoms with Crippen molar-refractivity contribution >= 4 is 28.8 Å². The number of aromatic nitrogens is 5. The molecule has 3 aromatic heterocycles. The summed E-state index contributed by atoms with van der Waals surface area (Å²) in [5, 5.41) is 11.5. The second kappa shape index (κ2) is 8.34. The first-order valence-corrected chi connectivity index (χ1v) is 12.2. The van der Waals surface area contributed by atoms with Gasteiger partial charge >= 0.3 is 0 Å². The van der Waals surface area contributed by atoms with E-state index in [-0.39, 0.29) is 5.91 Å². The number of carbonyl (C=O) groups excluding carboxylic acids is 1. The van der Waals surface area contributed by atoms with E-state index in [1.54, 1.807) is 11.3 Å². The molecule has 0 spiro atoms. The van der Waals surface area contributed by atoms with Crippen molar-refractivity contribution < 1.29 is 4.79 Å². The van der Waals surface area contributed by atoms with E-state index in [4.69, 9.17) is 0 Å². The molecular formula is C24H18N6OS2. The lowest BCUT2D eigenvalue weighted by Gasteiger charge is -2.27. The minimum Gasteiger partial charge on any atom is -0.329 e. The molecule has 0 bridgehead atoms. The standard InChI is InChI=1S/C24H18N6OS2/c31-24(18-10-8-16(9-11-18)19-7-4-14-32-19)29-12-13-30-20(15-29)26-27-22(30)23-25-21(28-33-23)17-5-2-1-3-6-17/h1-11,14H,12-13,15H2. The van der Waals surface area contributed by atoms with Crippen molar-refractivity contribution in [1.82, 2.24) is 29.0 Å². The first-order chi connectivity index (χ1) is 16.3. The number of fused-ring (bicyclic) bond motifs is 1. The maximum atomic E-state index is 13.1. The van der Waals surface area contributed by atoms with Crippen molar-refractivity contribution in [1.29, 1.82) is 0 Å². The van der Waals surface area contributed by atoms with Crippen LogP contribution in [0.5, 0.6) is 0 Å². The number of hydrogen-bond acceptors (Lipinski definition) is 7. The van der Waals surface area contributed by atoms with Crippen LogP contribution in [-0.4, -0.2) is 41.5 Å². The quantitative estimate of drug-likeness (QED) is 0.375. The molecule has 0 saturated heterocycles. The zero-order valence-electron chi connectivity index (χ0n) is 17.5. The van der Waals surface area contributed by atoms with Crippen LogP contribution in [0.4, 0.5) is 0 Å². The van der Waals surface area contributed by atoms with E-state index in [2.05, 4.69) is 31.0 Å². The van der Waals surface area contributed by atoms with Crippen molar-refractivity contribution in [3.05, 3.63) is 83.5 Å². The molecule has 0 saturated carbocycles. The van der Waals surface area contributed by atoms with E-state index < -0.39 is 0 Å². The van der Waals surface area contributed by atoms with Gasteiger partial charge in [-0.3, -0.25) is 4.79 Å². The summed E-state index contributed by atoms with van der Waals surface area (Å²) in [4.78, 5) is 20.8. The molecule has 1 aliphatic heterocycles. The average Bonchev–Trinajstić information content (AvgIpc) is 3.64. The van der Waals surface area contributed by atoms with Gasteiger partial charge in [0.25, 0.3) is 5.91 Å². The molecule has 5 aromatic rings. The van der Waals surface area contributed by atoms with Crippen molar-refractivity contribution in [2.45, 2.75) is 13.1 Å². The molecule has 2 aromatic carbocycles. The topological polar surface area (TPSA) is 76.8 Å². The molecule has 1 aliphatic rings. The SMILES string of the molecule is O=C(c1ccc(-c2cccs2)cc1)N1CCn2c(nnc2-c2nc(-c3ccccc3)ns2)C1. The van der Waals surface area contributed by atoms with E-state index in [0.717, 1.165) is 22.0 Å². The Kier molecular flexibility index (Phi) is 5.04. The van der Waals surface area contributed by atoms with Gasteiger partial charge in [-0.15, -0.1) is 21.5 Å². The van der Waals surface area contributed by atoms with Crippen LogP contribution in [0.1, 0.15) is 16.2 Å². The second-order valence-electron chi connectivity index (χ2n) is 7.66. The predicted molar refractivity (Wildman–Crippen MR) is 129 cm³/mol. The molecule has 9 heteroatoms. The van der Waals surface area contributed by atoms with Crippen molar-refractivity contribution in [3.8, 4) is 32.7 Å².